The molecule has 0 radical (unpaired) electrons. The molecule has 1 unspecified atom stereocenters. The van der Waals surface area contributed by atoms with Crippen LogP contribution in [0.2, 0.25) is 0 Å². The fraction of sp³-hybridized carbons (Fsp3) is 0.200. The lowest BCUT2D eigenvalue weighted by molar-refractivity contribution is 0.715. The Bertz CT molecular complexity index is 561. The molecule has 0 N–H and O–H groups in total. The molecule has 0 saturated carbocycles. The van der Waals surface area contributed by atoms with Gasteiger partial charge in [0.15, 0.2) is 0 Å². The van der Waals surface area contributed by atoms with E-state index >= 15 is 0 Å². The normalized spacial score (nSPS) is 12.6. The van der Waals surface area contributed by atoms with Crippen LogP contribution in [0.5, 0.6) is 0 Å². The third-order valence-corrected chi connectivity index (χ3v) is 3.28. The first-order valence-electron chi connectivity index (χ1n) is 4.24. The SMILES string of the molecule is CC(C#N)n1sc2ccccc2c1=O. The van der Waals surface area contributed by atoms with Gasteiger partial charge in [-0.05, 0) is 19.1 Å². The fourth-order valence-corrected chi connectivity index (χ4v) is 2.29. The molecular weight excluding hydrogens is 196 g/mol. The zero-order chi connectivity index (χ0) is 10.1. The van der Waals surface area contributed by atoms with Crippen molar-refractivity contribution in [2.75, 3.05) is 0 Å². The van der Waals surface area contributed by atoms with Gasteiger partial charge in [0.2, 0.25) is 0 Å². The average Bonchev–Trinajstić information content (AvgIpc) is 2.56. The Hall–Kier alpha value is -1.60. The van der Waals surface area contributed by atoms with Crippen LogP contribution in [-0.4, -0.2) is 3.96 Å². The van der Waals surface area contributed by atoms with E-state index in [0.717, 1.165) is 4.70 Å². The molecule has 0 aliphatic carbocycles. The van der Waals surface area contributed by atoms with E-state index in [2.05, 4.69) is 6.07 Å². The standard InChI is InChI=1S/C10H8N2OS/c1-7(6-11)12-10(13)8-4-2-3-5-9(8)14-12/h2-5,7H,1H3. The summed E-state index contributed by atoms with van der Waals surface area (Å²) in [6, 6.07) is 9.06. The Morgan fingerprint density at radius 3 is 2.86 bits per heavy atom. The first kappa shape index (κ1) is 8.97. The van der Waals surface area contributed by atoms with Gasteiger partial charge in [-0.2, -0.15) is 5.26 Å². The second kappa shape index (κ2) is 3.28. The van der Waals surface area contributed by atoms with Crippen LogP contribution < -0.4 is 5.56 Å². The van der Waals surface area contributed by atoms with E-state index < -0.39 is 0 Å². The molecule has 2 aromatic rings. The van der Waals surface area contributed by atoms with E-state index in [1.807, 2.05) is 18.2 Å². The van der Waals surface area contributed by atoms with Crippen LogP contribution in [0, 0.1) is 11.3 Å². The molecule has 1 aromatic heterocycles. The Kier molecular flexibility index (Phi) is 2.10. The Balaban J connectivity index is 2.77. The lowest BCUT2D eigenvalue weighted by Gasteiger charge is -1.98. The van der Waals surface area contributed by atoms with Crippen LogP contribution >= 0.6 is 11.5 Å². The lowest BCUT2D eigenvalue weighted by atomic mass is 10.3. The average molecular weight is 204 g/mol. The highest BCUT2D eigenvalue weighted by Gasteiger charge is 2.11. The number of nitrogens with zero attached hydrogens (tertiary/aromatic N) is 2. The number of fused-ring (bicyclic) bond motifs is 1. The number of nitriles is 1. The molecule has 2 rings (SSSR count). The van der Waals surface area contributed by atoms with Crippen LogP contribution in [0.25, 0.3) is 10.1 Å². The quantitative estimate of drug-likeness (QED) is 0.714. The van der Waals surface area contributed by atoms with Gasteiger partial charge in [-0.3, -0.25) is 4.79 Å². The molecule has 70 valence electrons. The number of rotatable bonds is 1. The van der Waals surface area contributed by atoms with Crippen LogP contribution in [0.1, 0.15) is 13.0 Å². The van der Waals surface area contributed by atoms with Crippen molar-refractivity contribution in [1.82, 2.24) is 3.96 Å². The van der Waals surface area contributed by atoms with Gasteiger partial charge in [0.25, 0.3) is 5.56 Å². The summed E-state index contributed by atoms with van der Waals surface area (Å²) < 4.78 is 2.43. The molecule has 0 aliphatic rings. The first-order chi connectivity index (χ1) is 6.74. The Labute approximate surface area is 85.0 Å². The van der Waals surface area contributed by atoms with Gasteiger partial charge in [0, 0.05) is 0 Å². The second-order valence-electron chi connectivity index (χ2n) is 3.02. The number of hydrogen-bond acceptors (Lipinski definition) is 3. The van der Waals surface area contributed by atoms with Crippen molar-refractivity contribution in [2.45, 2.75) is 13.0 Å². The molecule has 1 aromatic carbocycles. The van der Waals surface area contributed by atoms with Crippen molar-refractivity contribution < 1.29 is 0 Å². The van der Waals surface area contributed by atoms with Gasteiger partial charge < -0.3 is 0 Å². The number of aromatic nitrogens is 1. The maximum Gasteiger partial charge on any atom is 0.269 e. The van der Waals surface area contributed by atoms with Crippen molar-refractivity contribution in [2.24, 2.45) is 0 Å². The maximum atomic E-state index is 11.8. The highest BCUT2D eigenvalue weighted by Crippen LogP contribution is 2.18. The molecule has 0 aliphatic heterocycles. The zero-order valence-corrected chi connectivity index (χ0v) is 8.41. The summed E-state index contributed by atoms with van der Waals surface area (Å²) >= 11 is 1.34. The van der Waals surface area contributed by atoms with Crippen LogP contribution in [0.4, 0.5) is 0 Å². The molecule has 14 heavy (non-hydrogen) atoms. The highest BCUT2D eigenvalue weighted by molar-refractivity contribution is 7.13. The summed E-state index contributed by atoms with van der Waals surface area (Å²) in [5.74, 6) is 0. The van der Waals surface area contributed by atoms with Gasteiger partial charge in [0.1, 0.15) is 6.04 Å². The molecule has 3 nitrogen and oxygen atoms in total. The largest absolute Gasteiger partial charge is 0.269 e. The van der Waals surface area contributed by atoms with Gasteiger partial charge in [-0.15, -0.1) is 0 Å². The van der Waals surface area contributed by atoms with Crippen molar-refractivity contribution >= 4 is 21.6 Å². The van der Waals surface area contributed by atoms with Crippen LogP contribution in [0.15, 0.2) is 29.1 Å². The monoisotopic (exact) mass is 204 g/mol. The molecule has 0 amide bonds. The van der Waals surface area contributed by atoms with Gasteiger partial charge in [-0.25, -0.2) is 3.96 Å². The fourth-order valence-electron chi connectivity index (χ4n) is 1.30. The smallest absolute Gasteiger partial charge is 0.268 e. The van der Waals surface area contributed by atoms with E-state index in [-0.39, 0.29) is 11.6 Å². The molecule has 1 heterocycles. The molecule has 0 spiro atoms. The number of hydrogen-bond donors (Lipinski definition) is 0. The summed E-state index contributed by atoms with van der Waals surface area (Å²) in [5.41, 5.74) is -0.0698. The van der Waals surface area contributed by atoms with Crippen molar-refractivity contribution in [3.8, 4) is 6.07 Å². The molecule has 4 heteroatoms. The molecule has 0 fully saturated rings. The summed E-state index contributed by atoms with van der Waals surface area (Å²) in [4.78, 5) is 11.8. The van der Waals surface area contributed by atoms with Crippen LogP contribution in [0.3, 0.4) is 0 Å². The zero-order valence-electron chi connectivity index (χ0n) is 7.60. The summed E-state index contributed by atoms with van der Waals surface area (Å²) in [5, 5.41) is 9.43. The minimum atomic E-state index is -0.389. The van der Waals surface area contributed by atoms with E-state index in [1.54, 1.807) is 13.0 Å². The minimum absolute atomic E-state index is 0.0698. The topological polar surface area (TPSA) is 45.8 Å². The molecule has 0 bridgehead atoms. The first-order valence-corrected chi connectivity index (χ1v) is 5.01. The minimum Gasteiger partial charge on any atom is -0.268 e. The number of benzene rings is 1. The van der Waals surface area contributed by atoms with E-state index in [9.17, 15) is 4.79 Å². The summed E-state index contributed by atoms with van der Waals surface area (Å²) in [6.45, 7) is 1.72. The second-order valence-corrected chi connectivity index (χ2v) is 4.04. The van der Waals surface area contributed by atoms with Crippen molar-refractivity contribution in [1.29, 1.82) is 5.26 Å². The van der Waals surface area contributed by atoms with Gasteiger partial charge in [0.05, 0.1) is 16.2 Å². The summed E-state index contributed by atoms with van der Waals surface area (Å²) in [7, 11) is 0. The van der Waals surface area contributed by atoms with Gasteiger partial charge in [-0.1, -0.05) is 23.7 Å². The summed E-state index contributed by atoms with van der Waals surface area (Å²) in [6.07, 6.45) is 0. The maximum absolute atomic E-state index is 11.8. The van der Waals surface area contributed by atoms with Crippen molar-refractivity contribution in [3.63, 3.8) is 0 Å². The van der Waals surface area contributed by atoms with Crippen LogP contribution in [-0.2, 0) is 0 Å². The third-order valence-electron chi connectivity index (χ3n) is 2.05. The predicted octanol–water partition coefficient (Wildman–Crippen LogP) is 2.15. The van der Waals surface area contributed by atoms with E-state index in [4.69, 9.17) is 5.26 Å². The lowest BCUT2D eigenvalue weighted by Crippen LogP contribution is -2.15. The van der Waals surface area contributed by atoms with E-state index in [0.29, 0.717) is 5.39 Å². The molecule has 0 saturated heterocycles. The Morgan fingerprint density at radius 1 is 1.50 bits per heavy atom. The molecular formula is C10H8N2OS. The molecule has 1 atom stereocenters. The van der Waals surface area contributed by atoms with E-state index in [1.165, 1.54) is 15.5 Å². The third kappa shape index (κ3) is 1.22. The van der Waals surface area contributed by atoms with Crippen molar-refractivity contribution in [3.05, 3.63) is 34.6 Å². The highest BCUT2D eigenvalue weighted by atomic mass is 32.1. The predicted molar refractivity (Wildman–Crippen MR) is 56.4 cm³/mol. The Morgan fingerprint density at radius 2 is 2.21 bits per heavy atom. The van der Waals surface area contributed by atoms with Gasteiger partial charge >= 0.3 is 0 Å².